The molecule has 6 heteroatoms. The van der Waals surface area contributed by atoms with Gasteiger partial charge in [-0.05, 0) is 30.5 Å². The first-order valence-electron chi connectivity index (χ1n) is 9.20. The van der Waals surface area contributed by atoms with Crippen molar-refractivity contribution in [2.45, 2.75) is 20.8 Å². The van der Waals surface area contributed by atoms with Crippen molar-refractivity contribution in [1.82, 2.24) is 14.9 Å². The van der Waals surface area contributed by atoms with Gasteiger partial charge in [-0.3, -0.25) is 4.79 Å². The largest absolute Gasteiger partial charge is 0.369 e. The van der Waals surface area contributed by atoms with Gasteiger partial charge in [0.15, 0.2) is 0 Å². The molecule has 1 aromatic carbocycles. The van der Waals surface area contributed by atoms with Crippen LogP contribution in [0.15, 0.2) is 36.7 Å². The summed E-state index contributed by atoms with van der Waals surface area (Å²) in [6.07, 6.45) is 3.20. The first-order valence-corrected chi connectivity index (χ1v) is 9.20. The molecule has 2 aromatic rings. The lowest BCUT2D eigenvalue weighted by Gasteiger charge is -2.36. The SMILES string of the molecule is Cc1cccc(N2CCN(C(=O)c3cnc(NCC(C)C)cn3)CC2)c1. The molecule has 0 saturated carbocycles. The van der Waals surface area contributed by atoms with Gasteiger partial charge in [0.05, 0.1) is 12.4 Å². The van der Waals surface area contributed by atoms with Crippen LogP contribution in [0.2, 0.25) is 0 Å². The van der Waals surface area contributed by atoms with Crippen LogP contribution in [-0.4, -0.2) is 53.5 Å². The van der Waals surface area contributed by atoms with Gasteiger partial charge in [-0.15, -0.1) is 0 Å². The number of nitrogens with zero attached hydrogens (tertiary/aromatic N) is 4. The molecule has 0 bridgehead atoms. The molecule has 0 radical (unpaired) electrons. The Kier molecular flexibility index (Phi) is 5.71. The standard InChI is InChI=1S/C20H27N5O/c1-15(2)12-22-19-14-21-18(13-23-19)20(26)25-9-7-24(8-10-25)17-6-4-5-16(3)11-17/h4-6,11,13-15H,7-10,12H2,1-3H3,(H,22,23). The Morgan fingerprint density at radius 2 is 1.92 bits per heavy atom. The van der Waals surface area contributed by atoms with E-state index in [0.29, 0.717) is 30.5 Å². The van der Waals surface area contributed by atoms with Crippen LogP contribution < -0.4 is 10.2 Å². The molecule has 0 aliphatic carbocycles. The van der Waals surface area contributed by atoms with E-state index in [2.05, 4.69) is 65.2 Å². The Labute approximate surface area is 155 Å². The van der Waals surface area contributed by atoms with Gasteiger partial charge >= 0.3 is 0 Å². The van der Waals surface area contributed by atoms with E-state index < -0.39 is 0 Å². The van der Waals surface area contributed by atoms with E-state index in [1.165, 1.54) is 11.3 Å². The van der Waals surface area contributed by atoms with Crippen molar-refractivity contribution in [2.24, 2.45) is 5.92 Å². The van der Waals surface area contributed by atoms with E-state index >= 15 is 0 Å². The van der Waals surface area contributed by atoms with E-state index in [9.17, 15) is 4.79 Å². The maximum atomic E-state index is 12.7. The van der Waals surface area contributed by atoms with Crippen LogP contribution in [0.25, 0.3) is 0 Å². The molecular formula is C20H27N5O. The van der Waals surface area contributed by atoms with E-state index in [1.807, 2.05) is 4.90 Å². The van der Waals surface area contributed by atoms with Crippen LogP contribution in [0.1, 0.15) is 29.9 Å². The number of nitrogens with one attached hydrogen (secondary N) is 1. The van der Waals surface area contributed by atoms with Crippen molar-refractivity contribution in [3.05, 3.63) is 47.9 Å². The first-order chi connectivity index (χ1) is 12.5. The van der Waals surface area contributed by atoms with Gasteiger partial charge < -0.3 is 15.1 Å². The predicted molar refractivity (Wildman–Crippen MR) is 105 cm³/mol. The molecule has 1 N–H and O–H groups in total. The van der Waals surface area contributed by atoms with Crippen LogP contribution >= 0.6 is 0 Å². The molecule has 0 unspecified atom stereocenters. The molecule has 6 nitrogen and oxygen atoms in total. The zero-order valence-corrected chi connectivity index (χ0v) is 15.8. The van der Waals surface area contributed by atoms with Gasteiger partial charge in [0.2, 0.25) is 0 Å². The molecule has 3 rings (SSSR count). The second kappa shape index (κ2) is 8.17. The van der Waals surface area contributed by atoms with Gasteiger partial charge in [-0.2, -0.15) is 0 Å². The fourth-order valence-electron chi connectivity index (χ4n) is 2.99. The number of anilines is 2. The molecule has 1 amide bonds. The predicted octanol–water partition coefficient (Wildman–Crippen LogP) is 2.82. The topological polar surface area (TPSA) is 61.4 Å². The lowest BCUT2D eigenvalue weighted by Crippen LogP contribution is -2.49. The normalized spacial score (nSPS) is 14.6. The minimum Gasteiger partial charge on any atom is -0.369 e. The zero-order chi connectivity index (χ0) is 18.5. The molecule has 26 heavy (non-hydrogen) atoms. The molecule has 1 aliphatic heterocycles. The summed E-state index contributed by atoms with van der Waals surface area (Å²) in [5, 5.41) is 3.21. The van der Waals surface area contributed by atoms with Gasteiger partial charge in [0.25, 0.3) is 5.91 Å². The molecule has 0 spiro atoms. The zero-order valence-electron chi connectivity index (χ0n) is 15.8. The third kappa shape index (κ3) is 4.50. The Bertz CT molecular complexity index is 736. The number of hydrogen-bond donors (Lipinski definition) is 1. The van der Waals surface area contributed by atoms with Crippen LogP contribution in [0.5, 0.6) is 0 Å². The highest BCUT2D eigenvalue weighted by atomic mass is 16.2. The van der Waals surface area contributed by atoms with Crippen LogP contribution in [0.4, 0.5) is 11.5 Å². The summed E-state index contributed by atoms with van der Waals surface area (Å²) in [4.78, 5) is 25.4. The van der Waals surface area contributed by atoms with E-state index in [-0.39, 0.29) is 5.91 Å². The van der Waals surface area contributed by atoms with Crippen molar-refractivity contribution in [2.75, 3.05) is 42.9 Å². The number of piperazine rings is 1. The number of aromatic nitrogens is 2. The summed E-state index contributed by atoms with van der Waals surface area (Å²) in [5.74, 6) is 1.19. The van der Waals surface area contributed by atoms with Crippen LogP contribution in [0, 0.1) is 12.8 Å². The van der Waals surface area contributed by atoms with Gasteiger partial charge in [-0.25, -0.2) is 9.97 Å². The smallest absolute Gasteiger partial charge is 0.274 e. The number of rotatable bonds is 5. The second-order valence-electron chi connectivity index (χ2n) is 7.18. The molecule has 1 aromatic heterocycles. The quantitative estimate of drug-likeness (QED) is 0.896. The van der Waals surface area contributed by atoms with Crippen molar-refractivity contribution >= 4 is 17.4 Å². The van der Waals surface area contributed by atoms with E-state index in [4.69, 9.17) is 0 Å². The number of carbonyl (C=O) groups is 1. The third-order valence-corrected chi connectivity index (χ3v) is 4.50. The van der Waals surface area contributed by atoms with E-state index in [0.717, 1.165) is 19.6 Å². The van der Waals surface area contributed by atoms with Gasteiger partial charge in [0.1, 0.15) is 11.5 Å². The molecule has 138 valence electrons. The Hall–Kier alpha value is -2.63. The molecule has 1 saturated heterocycles. The molecule has 0 atom stereocenters. The summed E-state index contributed by atoms with van der Waals surface area (Å²) < 4.78 is 0. The second-order valence-corrected chi connectivity index (χ2v) is 7.18. The average molecular weight is 353 g/mol. The van der Waals surface area contributed by atoms with E-state index in [1.54, 1.807) is 12.4 Å². The highest BCUT2D eigenvalue weighted by molar-refractivity contribution is 5.92. The minimum absolute atomic E-state index is 0.0446. The lowest BCUT2D eigenvalue weighted by atomic mass is 10.2. The Balaban J connectivity index is 1.56. The molecule has 2 heterocycles. The third-order valence-electron chi connectivity index (χ3n) is 4.50. The number of carbonyl (C=O) groups excluding carboxylic acids is 1. The molecular weight excluding hydrogens is 326 g/mol. The fraction of sp³-hybridized carbons (Fsp3) is 0.450. The fourth-order valence-corrected chi connectivity index (χ4v) is 2.99. The number of aryl methyl sites for hydroxylation is 1. The number of hydrogen-bond acceptors (Lipinski definition) is 5. The Morgan fingerprint density at radius 3 is 2.54 bits per heavy atom. The molecule has 1 fully saturated rings. The monoisotopic (exact) mass is 353 g/mol. The van der Waals surface area contributed by atoms with Crippen molar-refractivity contribution in [3.63, 3.8) is 0 Å². The summed E-state index contributed by atoms with van der Waals surface area (Å²) in [6, 6.07) is 8.49. The maximum absolute atomic E-state index is 12.7. The van der Waals surface area contributed by atoms with Crippen molar-refractivity contribution in [1.29, 1.82) is 0 Å². The molecule has 1 aliphatic rings. The first kappa shape index (κ1) is 18.2. The van der Waals surface area contributed by atoms with Crippen LogP contribution in [0.3, 0.4) is 0 Å². The minimum atomic E-state index is -0.0446. The summed E-state index contributed by atoms with van der Waals surface area (Å²) >= 11 is 0. The lowest BCUT2D eigenvalue weighted by molar-refractivity contribution is 0.0740. The number of amides is 1. The Morgan fingerprint density at radius 1 is 1.15 bits per heavy atom. The van der Waals surface area contributed by atoms with Crippen LogP contribution in [-0.2, 0) is 0 Å². The maximum Gasteiger partial charge on any atom is 0.274 e. The highest BCUT2D eigenvalue weighted by Gasteiger charge is 2.23. The number of benzene rings is 1. The van der Waals surface area contributed by atoms with Crippen molar-refractivity contribution in [3.8, 4) is 0 Å². The van der Waals surface area contributed by atoms with Crippen molar-refractivity contribution < 1.29 is 4.79 Å². The van der Waals surface area contributed by atoms with Gasteiger partial charge in [0, 0.05) is 38.4 Å². The highest BCUT2D eigenvalue weighted by Crippen LogP contribution is 2.18. The summed E-state index contributed by atoms with van der Waals surface area (Å²) in [7, 11) is 0. The average Bonchev–Trinajstić information content (AvgIpc) is 2.66. The summed E-state index contributed by atoms with van der Waals surface area (Å²) in [6.45, 7) is 10.3. The van der Waals surface area contributed by atoms with Gasteiger partial charge in [-0.1, -0.05) is 26.0 Å². The summed E-state index contributed by atoms with van der Waals surface area (Å²) in [5.41, 5.74) is 2.88.